The van der Waals surface area contributed by atoms with Crippen LogP contribution >= 0.6 is 0 Å². The zero-order valence-corrected chi connectivity index (χ0v) is 13.1. The fourth-order valence-corrected chi connectivity index (χ4v) is 3.32. The molecule has 3 aromatic rings. The number of aromatic amines is 2. The Morgan fingerprint density at radius 2 is 2.17 bits per heavy atom. The SMILES string of the molecule is O=c1[nH]nc([C@@H]2CCCCN2Cc2cc(=O)n3ccccc3n2)[nH]1. The molecule has 4 heterocycles. The van der Waals surface area contributed by atoms with E-state index in [0.717, 1.165) is 31.5 Å². The molecular weight excluding hydrogens is 308 g/mol. The Bertz CT molecular complexity index is 972. The summed E-state index contributed by atoms with van der Waals surface area (Å²) in [5, 5.41) is 6.50. The van der Waals surface area contributed by atoms with Crippen molar-refractivity contribution in [3.63, 3.8) is 0 Å². The van der Waals surface area contributed by atoms with Crippen molar-refractivity contribution in [2.24, 2.45) is 0 Å². The van der Waals surface area contributed by atoms with Gasteiger partial charge in [0.25, 0.3) is 5.56 Å². The zero-order valence-electron chi connectivity index (χ0n) is 13.1. The Balaban J connectivity index is 1.65. The van der Waals surface area contributed by atoms with Crippen LogP contribution in [0.15, 0.2) is 40.1 Å². The van der Waals surface area contributed by atoms with Gasteiger partial charge in [-0.15, -0.1) is 0 Å². The third kappa shape index (κ3) is 2.76. The summed E-state index contributed by atoms with van der Waals surface area (Å²) in [7, 11) is 0. The van der Waals surface area contributed by atoms with Crippen LogP contribution in [-0.4, -0.2) is 36.0 Å². The highest BCUT2D eigenvalue weighted by Gasteiger charge is 2.27. The monoisotopic (exact) mass is 326 g/mol. The molecule has 1 aliphatic rings. The Kier molecular flexibility index (Phi) is 3.73. The van der Waals surface area contributed by atoms with Crippen molar-refractivity contribution < 1.29 is 0 Å². The van der Waals surface area contributed by atoms with Crippen molar-refractivity contribution in [1.29, 1.82) is 0 Å². The number of H-pyrrole nitrogens is 2. The standard InChI is InChI=1S/C16H18N6O2/c23-14-9-11(17-13-6-2-4-8-22(13)14)10-21-7-3-1-5-12(21)15-18-16(24)20-19-15/h2,4,6,8-9,12H,1,3,5,7,10H2,(H2,18,19,20,24)/t12-/m0/s1. The smallest absolute Gasteiger partial charge is 0.292 e. The van der Waals surface area contributed by atoms with Crippen molar-refractivity contribution >= 4 is 5.65 Å². The molecule has 3 aromatic heterocycles. The summed E-state index contributed by atoms with van der Waals surface area (Å²) in [6, 6.07) is 7.11. The molecule has 8 nitrogen and oxygen atoms in total. The number of nitrogens with one attached hydrogen (secondary N) is 2. The van der Waals surface area contributed by atoms with Crippen molar-refractivity contribution in [2.75, 3.05) is 6.54 Å². The third-order valence-corrected chi connectivity index (χ3v) is 4.44. The van der Waals surface area contributed by atoms with E-state index in [1.165, 1.54) is 4.40 Å². The molecule has 0 amide bonds. The van der Waals surface area contributed by atoms with Crippen LogP contribution in [-0.2, 0) is 6.54 Å². The molecule has 2 N–H and O–H groups in total. The summed E-state index contributed by atoms with van der Waals surface area (Å²) < 4.78 is 1.53. The third-order valence-electron chi connectivity index (χ3n) is 4.44. The number of pyridine rings is 1. The summed E-state index contributed by atoms with van der Waals surface area (Å²) in [6.45, 7) is 1.44. The van der Waals surface area contributed by atoms with E-state index in [9.17, 15) is 9.59 Å². The minimum absolute atomic E-state index is 0.0359. The van der Waals surface area contributed by atoms with E-state index < -0.39 is 0 Å². The number of nitrogens with zero attached hydrogens (tertiary/aromatic N) is 4. The maximum absolute atomic E-state index is 12.2. The van der Waals surface area contributed by atoms with Gasteiger partial charge in [-0.3, -0.25) is 19.1 Å². The average molecular weight is 326 g/mol. The zero-order chi connectivity index (χ0) is 16.5. The Morgan fingerprint density at radius 3 is 3.00 bits per heavy atom. The first-order valence-corrected chi connectivity index (χ1v) is 8.07. The molecule has 0 aromatic carbocycles. The lowest BCUT2D eigenvalue weighted by Crippen LogP contribution is -2.34. The molecule has 0 spiro atoms. The van der Waals surface area contributed by atoms with Gasteiger partial charge in [0.15, 0.2) is 0 Å². The van der Waals surface area contributed by atoms with Gasteiger partial charge in [-0.1, -0.05) is 12.5 Å². The van der Waals surface area contributed by atoms with Gasteiger partial charge >= 0.3 is 5.69 Å². The first-order valence-electron chi connectivity index (χ1n) is 8.07. The molecule has 4 rings (SSSR count). The molecule has 0 bridgehead atoms. The van der Waals surface area contributed by atoms with Crippen molar-refractivity contribution in [3.8, 4) is 0 Å². The predicted molar refractivity (Wildman–Crippen MR) is 87.7 cm³/mol. The highest BCUT2D eigenvalue weighted by molar-refractivity contribution is 5.38. The number of hydrogen-bond donors (Lipinski definition) is 2. The van der Waals surface area contributed by atoms with E-state index in [4.69, 9.17) is 0 Å². The van der Waals surface area contributed by atoms with Crippen molar-refractivity contribution in [1.82, 2.24) is 29.5 Å². The van der Waals surface area contributed by atoms with Gasteiger partial charge in [0, 0.05) is 18.8 Å². The van der Waals surface area contributed by atoms with Gasteiger partial charge in [0.05, 0.1) is 11.7 Å². The number of fused-ring (bicyclic) bond motifs is 1. The molecule has 0 unspecified atom stereocenters. The first kappa shape index (κ1) is 14.8. The van der Waals surface area contributed by atoms with Gasteiger partial charge < -0.3 is 0 Å². The Hall–Kier alpha value is -2.74. The van der Waals surface area contributed by atoms with Crippen molar-refractivity contribution in [2.45, 2.75) is 31.8 Å². The van der Waals surface area contributed by atoms with Crippen molar-refractivity contribution in [3.05, 3.63) is 62.8 Å². The maximum Gasteiger partial charge on any atom is 0.340 e. The molecule has 0 saturated carbocycles. The molecular formula is C16H18N6O2. The Labute approximate surface area is 137 Å². The first-order chi connectivity index (χ1) is 11.7. The number of hydrogen-bond acceptors (Lipinski definition) is 5. The van der Waals surface area contributed by atoms with Gasteiger partial charge in [-0.05, 0) is 31.5 Å². The van der Waals surface area contributed by atoms with E-state index in [2.05, 4.69) is 25.1 Å². The summed E-state index contributed by atoms with van der Waals surface area (Å²) in [5.74, 6) is 0.650. The average Bonchev–Trinajstić information content (AvgIpc) is 3.02. The Morgan fingerprint density at radius 1 is 1.25 bits per heavy atom. The van der Waals surface area contributed by atoms with E-state index in [1.54, 1.807) is 12.3 Å². The van der Waals surface area contributed by atoms with Crippen LogP contribution in [0.25, 0.3) is 5.65 Å². The highest BCUT2D eigenvalue weighted by Crippen LogP contribution is 2.29. The lowest BCUT2D eigenvalue weighted by Gasteiger charge is -2.33. The van der Waals surface area contributed by atoms with Crippen LogP contribution < -0.4 is 11.2 Å². The largest absolute Gasteiger partial charge is 0.340 e. The van der Waals surface area contributed by atoms with Gasteiger partial charge in [-0.2, -0.15) is 5.10 Å². The van der Waals surface area contributed by atoms with E-state index in [0.29, 0.717) is 18.0 Å². The highest BCUT2D eigenvalue weighted by atomic mass is 16.1. The lowest BCUT2D eigenvalue weighted by atomic mass is 10.0. The van der Waals surface area contributed by atoms with E-state index in [-0.39, 0.29) is 17.3 Å². The second kappa shape index (κ2) is 6.04. The normalized spacial score (nSPS) is 18.9. The molecule has 1 saturated heterocycles. The van der Waals surface area contributed by atoms with E-state index >= 15 is 0 Å². The fourth-order valence-electron chi connectivity index (χ4n) is 3.32. The number of likely N-dealkylation sites (tertiary alicyclic amines) is 1. The van der Waals surface area contributed by atoms with Crippen LogP contribution in [0.4, 0.5) is 0 Å². The molecule has 1 fully saturated rings. The van der Waals surface area contributed by atoms with Gasteiger partial charge in [0.2, 0.25) is 0 Å². The molecule has 8 heteroatoms. The molecule has 1 atom stereocenters. The summed E-state index contributed by atoms with van der Waals surface area (Å²) in [6.07, 6.45) is 4.81. The van der Waals surface area contributed by atoms with Crippen LogP contribution in [0.1, 0.15) is 36.8 Å². The second-order valence-corrected chi connectivity index (χ2v) is 6.06. The van der Waals surface area contributed by atoms with Gasteiger partial charge in [-0.25, -0.2) is 14.9 Å². The van der Waals surface area contributed by atoms with Crippen LogP contribution in [0.5, 0.6) is 0 Å². The summed E-state index contributed by atoms with van der Waals surface area (Å²) >= 11 is 0. The molecule has 0 aliphatic carbocycles. The number of rotatable bonds is 3. The number of aromatic nitrogens is 5. The molecule has 124 valence electrons. The number of piperidine rings is 1. The van der Waals surface area contributed by atoms with E-state index in [1.807, 2.05) is 18.2 Å². The quantitative estimate of drug-likeness (QED) is 0.743. The van der Waals surface area contributed by atoms with Gasteiger partial charge in [0.1, 0.15) is 11.5 Å². The second-order valence-electron chi connectivity index (χ2n) is 6.06. The minimum Gasteiger partial charge on any atom is -0.292 e. The summed E-state index contributed by atoms with van der Waals surface area (Å²) in [4.78, 5) is 33.1. The van der Waals surface area contributed by atoms with Crippen LogP contribution in [0.3, 0.4) is 0 Å². The van der Waals surface area contributed by atoms with Crippen LogP contribution in [0, 0.1) is 0 Å². The minimum atomic E-state index is -0.294. The predicted octanol–water partition coefficient (Wildman–Crippen LogP) is 0.833. The molecule has 0 radical (unpaired) electrons. The fraction of sp³-hybridized carbons (Fsp3) is 0.375. The lowest BCUT2D eigenvalue weighted by molar-refractivity contribution is 0.132. The molecule has 24 heavy (non-hydrogen) atoms. The topological polar surface area (TPSA) is 99.2 Å². The molecule has 1 aliphatic heterocycles. The van der Waals surface area contributed by atoms with Crippen LogP contribution in [0.2, 0.25) is 0 Å². The maximum atomic E-state index is 12.2. The summed E-state index contributed by atoms with van der Waals surface area (Å²) in [5.41, 5.74) is 0.993.